The number of hydrogen-bond donors (Lipinski definition) is 2. The Balaban J connectivity index is 2.22. The number of hydrogen-bond acceptors (Lipinski definition) is 5. The average Bonchev–Trinajstić information content (AvgIpc) is 2.66. The van der Waals surface area contributed by atoms with Gasteiger partial charge in [0.2, 0.25) is 0 Å². The van der Waals surface area contributed by atoms with Gasteiger partial charge in [0.25, 0.3) is 5.91 Å². The Morgan fingerprint density at radius 1 is 1.00 bits per heavy atom. The Hall–Kier alpha value is -4.08. The lowest BCUT2D eigenvalue weighted by atomic mass is 10.1. The fourth-order valence-electron chi connectivity index (χ4n) is 2.31. The number of nitrogens with zero attached hydrogens (tertiary/aromatic N) is 3. The van der Waals surface area contributed by atoms with Crippen LogP contribution in [-0.2, 0) is 6.54 Å². The summed E-state index contributed by atoms with van der Waals surface area (Å²) in [6.45, 7) is 2.33. The van der Waals surface area contributed by atoms with Gasteiger partial charge in [-0.3, -0.25) is 4.79 Å². The van der Waals surface area contributed by atoms with Gasteiger partial charge in [0.15, 0.2) is 5.57 Å². The molecule has 0 aliphatic rings. The van der Waals surface area contributed by atoms with Gasteiger partial charge in [-0.25, -0.2) is 0 Å². The Labute approximate surface area is 151 Å². The van der Waals surface area contributed by atoms with Crippen molar-refractivity contribution >= 4 is 11.6 Å². The lowest BCUT2D eigenvalue weighted by Crippen LogP contribution is -2.24. The van der Waals surface area contributed by atoms with E-state index in [2.05, 4.69) is 10.6 Å². The number of nitriles is 3. The minimum Gasteiger partial charge on any atom is -0.348 e. The lowest BCUT2D eigenvalue weighted by Gasteiger charge is -2.12. The van der Waals surface area contributed by atoms with E-state index in [0.29, 0.717) is 17.8 Å². The predicted octanol–water partition coefficient (Wildman–Crippen LogP) is 3.16. The first-order valence-electron chi connectivity index (χ1n) is 7.73. The number of carbonyl (C=O) groups excluding carboxylic acids is 1. The van der Waals surface area contributed by atoms with E-state index in [-0.39, 0.29) is 17.2 Å². The number of amides is 1. The van der Waals surface area contributed by atoms with Crippen LogP contribution in [0.3, 0.4) is 0 Å². The molecule has 0 bridgehead atoms. The highest BCUT2D eigenvalue weighted by Crippen LogP contribution is 2.18. The molecule has 2 aromatic rings. The van der Waals surface area contributed by atoms with E-state index in [9.17, 15) is 4.79 Å². The number of para-hydroxylation sites is 1. The fourth-order valence-corrected chi connectivity index (χ4v) is 2.31. The van der Waals surface area contributed by atoms with Crippen LogP contribution in [0.5, 0.6) is 0 Å². The number of nitrogens with one attached hydrogen (secondary N) is 2. The van der Waals surface area contributed by atoms with Gasteiger partial charge in [-0.05, 0) is 24.6 Å². The minimum absolute atomic E-state index is 0.200. The third-order valence-corrected chi connectivity index (χ3v) is 3.55. The summed E-state index contributed by atoms with van der Waals surface area (Å²) in [4.78, 5) is 12.5. The van der Waals surface area contributed by atoms with Crippen molar-refractivity contribution in [3.63, 3.8) is 0 Å². The molecule has 0 aromatic heterocycles. The molecule has 6 nitrogen and oxygen atoms in total. The molecule has 0 aliphatic heterocycles. The molecule has 2 N–H and O–H groups in total. The van der Waals surface area contributed by atoms with Crippen LogP contribution in [0.25, 0.3) is 0 Å². The number of carbonyl (C=O) groups is 1. The van der Waals surface area contributed by atoms with Crippen molar-refractivity contribution in [3.8, 4) is 18.2 Å². The van der Waals surface area contributed by atoms with E-state index in [0.717, 1.165) is 11.1 Å². The number of benzene rings is 2. The normalized spacial score (nSPS) is 9.15. The van der Waals surface area contributed by atoms with Crippen LogP contribution in [0.1, 0.15) is 21.5 Å². The minimum atomic E-state index is -0.345. The van der Waals surface area contributed by atoms with Gasteiger partial charge < -0.3 is 10.6 Å². The summed E-state index contributed by atoms with van der Waals surface area (Å²) in [5.74, 6) is -0.331. The standard InChI is InChI=1S/C20H15N5O/c1-14-5-4-6-15(9-14)13-24-20(26)17-7-2-3-8-18(17)25-19(12-23)16(10-21)11-22/h2-9,25H,13H2,1H3,(H,24,26). The van der Waals surface area contributed by atoms with Crippen molar-refractivity contribution in [3.05, 3.63) is 76.5 Å². The highest BCUT2D eigenvalue weighted by atomic mass is 16.1. The maximum Gasteiger partial charge on any atom is 0.253 e. The summed E-state index contributed by atoms with van der Waals surface area (Å²) in [6.07, 6.45) is 0. The summed E-state index contributed by atoms with van der Waals surface area (Å²) in [5.41, 5.74) is 2.18. The van der Waals surface area contributed by atoms with Gasteiger partial charge in [-0.15, -0.1) is 0 Å². The van der Waals surface area contributed by atoms with Gasteiger partial charge in [0, 0.05) is 6.54 Å². The molecule has 6 heteroatoms. The van der Waals surface area contributed by atoms with Crippen LogP contribution in [-0.4, -0.2) is 5.91 Å². The van der Waals surface area contributed by atoms with Gasteiger partial charge in [-0.2, -0.15) is 15.8 Å². The molecule has 0 spiro atoms. The first-order chi connectivity index (χ1) is 12.6. The molecule has 0 radical (unpaired) electrons. The van der Waals surface area contributed by atoms with Crippen LogP contribution < -0.4 is 10.6 Å². The Morgan fingerprint density at radius 2 is 1.73 bits per heavy atom. The third-order valence-electron chi connectivity index (χ3n) is 3.55. The molecule has 0 aliphatic carbocycles. The topological polar surface area (TPSA) is 112 Å². The van der Waals surface area contributed by atoms with Crippen molar-refractivity contribution in [1.82, 2.24) is 5.32 Å². The van der Waals surface area contributed by atoms with Crippen LogP contribution in [0.2, 0.25) is 0 Å². The predicted molar refractivity (Wildman–Crippen MR) is 96.3 cm³/mol. The maximum absolute atomic E-state index is 12.5. The van der Waals surface area contributed by atoms with E-state index in [1.165, 1.54) is 0 Å². The molecule has 0 atom stereocenters. The second kappa shape index (κ2) is 8.68. The Kier molecular flexibility index (Phi) is 6.10. The van der Waals surface area contributed by atoms with Gasteiger partial charge in [0.05, 0.1) is 11.3 Å². The van der Waals surface area contributed by atoms with Crippen LogP contribution in [0, 0.1) is 40.9 Å². The zero-order chi connectivity index (χ0) is 18.9. The molecule has 0 heterocycles. The zero-order valence-electron chi connectivity index (χ0n) is 14.1. The second-order valence-corrected chi connectivity index (χ2v) is 5.43. The van der Waals surface area contributed by atoms with Crippen molar-refractivity contribution in [2.45, 2.75) is 13.5 Å². The monoisotopic (exact) mass is 341 g/mol. The van der Waals surface area contributed by atoms with Gasteiger partial charge in [0.1, 0.15) is 23.9 Å². The molecule has 0 saturated carbocycles. The molecule has 0 fully saturated rings. The fraction of sp³-hybridized carbons (Fsp3) is 0.100. The molecule has 26 heavy (non-hydrogen) atoms. The number of aryl methyl sites for hydroxylation is 1. The summed E-state index contributed by atoms with van der Waals surface area (Å²) in [5, 5.41) is 32.5. The molecule has 0 saturated heterocycles. The SMILES string of the molecule is Cc1cccc(CNC(=O)c2ccccc2NC(C#N)=C(C#N)C#N)c1. The molecule has 2 aromatic carbocycles. The zero-order valence-corrected chi connectivity index (χ0v) is 14.1. The number of allylic oxidation sites excluding steroid dienone is 2. The van der Waals surface area contributed by atoms with Crippen molar-refractivity contribution < 1.29 is 4.79 Å². The summed E-state index contributed by atoms with van der Waals surface area (Å²) < 4.78 is 0. The summed E-state index contributed by atoms with van der Waals surface area (Å²) in [6, 6.07) is 19.5. The van der Waals surface area contributed by atoms with Gasteiger partial charge >= 0.3 is 0 Å². The van der Waals surface area contributed by atoms with Crippen LogP contribution >= 0.6 is 0 Å². The lowest BCUT2D eigenvalue weighted by molar-refractivity contribution is 0.0951. The maximum atomic E-state index is 12.5. The molecule has 2 rings (SSSR count). The average molecular weight is 341 g/mol. The van der Waals surface area contributed by atoms with E-state index >= 15 is 0 Å². The third kappa shape index (κ3) is 4.47. The largest absolute Gasteiger partial charge is 0.348 e. The van der Waals surface area contributed by atoms with Crippen molar-refractivity contribution in [1.29, 1.82) is 15.8 Å². The Bertz CT molecular complexity index is 970. The first kappa shape index (κ1) is 18.3. The first-order valence-corrected chi connectivity index (χ1v) is 7.73. The smallest absolute Gasteiger partial charge is 0.253 e. The quantitative estimate of drug-likeness (QED) is 0.811. The Morgan fingerprint density at radius 3 is 2.38 bits per heavy atom. The van der Waals surface area contributed by atoms with E-state index in [1.807, 2.05) is 31.2 Å². The van der Waals surface area contributed by atoms with Crippen LogP contribution in [0.4, 0.5) is 5.69 Å². The van der Waals surface area contributed by atoms with Crippen molar-refractivity contribution in [2.75, 3.05) is 5.32 Å². The number of anilines is 1. The molecule has 126 valence electrons. The van der Waals surface area contributed by atoms with E-state index in [1.54, 1.807) is 42.5 Å². The molecule has 1 amide bonds. The van der Waals surface area contributed by atoms with E-state index < -0.39 is 0 Å². The van der Waals surface area contributed by atoms with Gasteiger partial charge in [-0.1, -0.05) is 42.0 Å². The van der Waals surface area contributed by atoms with Crippen LogP contribution in [0.15, 0.2) is 59.8 Å². The second-order valence-electron chi connectivity index (χ2n) is 5.43. The number of rotatable bonds is 5. The molecular weight excluding hydrogens is 326 g/mol. The molecular formula is C20H15N5O. The summed E-state index contributed by atoms with van der Waals surface area (Å²) in [7, 11) is 0. The van der Waals surface area contributed by atoms with Crippen molar-refractivity contribution in [2.24, 2.45) is 0 Å². The van der Waals surface area contributed by atoms with E-state index in [4.69, 9.17) is 15.8 Å². The highest BCUT2D eigenvalue weighted by molar-refractivity contribution is 6.00. The molecule has 0 unspecified atom stereocenters. The summed E-state index contributed by atoms with van der Waals surface area (Å²) >= 11 is 0. The highest BCUT2D eigenvalue weighted by Gasteiger charge is 2.13.